The van der Waals surface area contributed by atoms with Crippen LogP contribution in [0.5, 0.6) is 0 Å². The van der Waals surface area contributed by atoms with Gasteiger partial charge in [0.05, 0.1) is 0 Å². The van der Waals surface area contributed by atoms with Gasteiger partial charge in [-0.2, -0.15) is 0 Å². The van der Waals surface area contributed by atoms with E-state index in [1.807, 2.05) is 13.0 Å². The van der Waals surface area contributed by atoms with Gasteiger partial charge in [0.1, 0.15) is 0 Å². The van der Waals surface area contributed by atoms with Crippen LogP contribution in [0.1, 0.15) is 17.3 Å². The van der Waals surface area contributed by atoms with Crippen molar-refractivity contribution in [2.45, 2.75) is 6.92 Å². The summed E-state index contributed by atoms with van der Waals surface area (Å²) in [4.78, 5) is 22.2. The first-order valence-corrected chi connectivity index (χ1v) is 5.13. The van der Waals surface area contributed by atoms with Crippen molar-refractivity contribution in [1.82, 2.24) is 0 Å². The Kier molecular flexibility index (Phi) is 4.69. The van der Waals surface area contributed by atoms with Crippen molar-refractivity contribution >= 4 is 17.5 Å². The van der Waals surface area contributed by atoms with E-state index >= 15 is 0 Å². The molecule has 3 N–H and O–H groups in total. The summed E-state index contributed by atoms with van der Waals surface area (Å²) < 4.78 is 0. The molecule has 0 aromatic heterocycles. The van der Waals surface area contributed by atoms with E-state index < -0.39 is 5.91 Å². The minimum Gasteiger partial charge on any atom is -0.366 e. The van der Waals surface area contributed by atoms with Crippen molar-refractivity contribution < 1.29 is 9.59 Å². The van der Waals surface area contributed by atoms with Crippen molar-refractivity contribution in [3.8, 4) is 0 Å². The summed E-state index contributed by atoms with van der Waals surface area (Å²) >= 11 is 0. The molecule has 0 aliphatic carbocycles. The lowest BCUT2D eigenvalue weighted by molar-refractivity contribution is -0.111. The number of nitrogens with one attached hydrogen (secondary N) is 1. The number of amides is 2. The highest BCUT2D eigenvalue weighted by Crippen LogP contribution is 2.08. The molecular formula is C13H14N2O2. The lowest BCUT2D eigenvalue weighted by Gasteiger charge is -2.02. The summed E-state index contributed by atoms with van der Waals surface area (Å²) in [5, 5.41) is 2.66. The maximum Gasteiger partial charge on any atom is 0.248 e. The number of hydrogen-bond donors (Lipinski definition) is 2. The molecular weight excluding hydrogens is 216 g/mol. The first-order chi connectivity index (χ1) is 8.13. The number of hydrogen-bond acceptors (Lipinski definition) is 2. The zero-order chi connectivity index (χ0) is 12.7. The maximum atomic E-state index is 11.4. The Labute approximate surface area is 99.8 Å². The Hall–Kier alpha value is -2.36. The van der Waals surface area contributed by atoms with Crippen LogP contribution >= 0.6 is 0 Å². The topological polar surface area (TPSA) is 72.2 Å². The van der Waals surface area contributed by atoms with Gasteiger partial charge in [-0.25, -0.2) is 0 Å². The molecule has 0 fully saturated rings. The van der Waals surface area contributed by atoms with Crippen molar-refractivity contribution in [1.29, 1.82) is 0 Å². The normalized spacial score (nSPS) is 10.9. The van der Waals surface area contributed by atoms with E-state index in [9.17, 15) is 9.59 Å². The van der Waals surface area contributed by atoms with E-state index in [0.29, 0.717) is 11.3 Å². The Morgan fingerprint density at radius 3 is 2.35 bits per heavy atom. The fourth-order valence-electron chi connectivity index (χ4n) is 1.16. The van der Waals surface area contributed by atoms with Crippen LogP contribution < -0.4 is 11.1 Å². The van der Waals surface area contributed by atoms with Gasteiger partial charge in [0.2, 0.25) is 11.8 Å². The third-order valence-corrected chi connectivity index (χ3v) is 1.99. The SMILES string of the molecule is CC=CC=CC(=O)Nc1ccc(C(N)=O)cc1. The second-order valence-electron chi connectivity index (χ2n) is 3.32. The van der Waals surface area contributed by atoms with Gasteiger partial charge in [-0.05, 0) is 31.2 Å². The van der Waals surface area contributed by atoms with Gasteiger partial charge in [-0.15, -0.1) is 0 Å². The third kappa shape index (κ3) is 4.34. The molecule has 4 heteroatoms. The van der Waals surface area contributed by atoms with Gasteiger partial charge in [0.25, 0.3) is 0 Å². The van der Waals surface area contributed by atoms with E-state index in [0.717, 1.165) is 0 Å². The summed E-state index contributed by atoms with van der Waals surface area (Å²) in [5.41, 5.74) is 6.13. The van der Waals surface area contributed by atoms with Gasteiger partial charge in [-0.1, -0.05) is 18.2 Å². The molecule has 1 aromatic carbocycles. The molecule has 88 valence electrons. The molecule has 0 saturated carbocycles. The molecule has 0 heterocycles. The lowest BCUT2D eigenvalue weighted by atomic mass is 10.2. The van der Waals surface area contributed by atoms with Gasteiger partial charge in [0.15, 0.2) is 0 Å². The predicted octanol–water partition coefficient (Wildman–Crippen LogP) is 1.86. The van der Waals surface area contributed by atoms with Crippen LogP contribution in [0.25, 0.3) is 0 Å². The molecule has 0 spiro atoms. The average Bonchev–Trinajstić information content (AvgIpc) is 2.30. The maximum absolute atomic E-state index is 11.4. The van der Waals surface area contributed by atoms with E-state index in [1.165, 1.54) is 6.08 Å². The first kappa shape index (κ1) is 12.7. The molecule has 1 rings (SSSR count). The van der Waals surface area contributed by atoms with Gasteiger partial charge in [-0.3, -0.25) is 9.59 Å². The zero-order valence-electron chi connectivity index (χ0n) is 9.51. The molecule has 17 heavy (non-hydrogen) atoms. The quantitative estimate of drug-likeness (QED) is 0.612. The first-order valence-electron chi connectivity index (χ1n) is 5.13. The molecule has 4 nitrogen and oxygen atoms in total. The molecule has 0 aliphatic heterocycles. The Morgan fingerprint density at radius 2 is 1.82 bits per heavy atom. The van der Waals surface area contributed by atoms with Crippen LogP contribution in [0.4, 0.5) is 5.69 Å². The standard InChI is InChI=1S/C13H14N2O2/c1-2-3-4-5-12(16)15-11-8-6-10(7-9-11)13(14)17/h2-9H,1H3,(H2,14,17)(H,15,16). The largest absolute Gasteiger partial charge is 0.366 e. The van der Waals surface area contributed by atoms with Crippen LogP contribution in [0.3, 0.4) is 0 Å². The smallest absolute Gasteiger partial charge is 0.248 e. The Morgan fingerprint density at radius 1 is 1.18 bits per heavy atom. The average molecular weight is 230 g/mol. The van der Waals surface area contributed by atoms with E-state index in [2.05, 4.69) is 5.32 Å². The Bertz CT molecular complexity index is 459. The van der Waals surface area contributed by atoms with Gasteiger partial charge in [0, 0.05) is 17.3 Å². The van der Waals surface area contributed by atoms with E-state index in [1.54, 1.807) is 36.4 Å². The highest BCUT2D eigenvalue weighted by molar-refractivity contribution is 6.00. The number of rotatable bonds is 4. The third-order valence-electron chi connectivity index (χ3n) is 1.99. The highest BCUT2D eigenvalue weighted by atomic mass is 16.1. The minimum atomic E-state index is -0.490. The van der Waals surface area contributed by atoms with E-state index in [-0.39, 0.29) is 5.91 Å². The number of benzene rings is 1. The number of carbonyl (C=O) groups is 2. The second kappa shape index (κ2) is 6.27. The van der Waals surface area contributed by atoms with Crippen molar-refractivity contribution in [3.05, 3.63) is 54.1 Å². The summed E-state index contributed by atoms with van der Waals surface area (Å²) in [6, 6.07) is 6.38. The number of allylic oxidation sites excluding steroid dienone is 3. The summed E-state index contributed by atoms with van der Waals surface area (Å²) in [7, 11) is 0. The summed E-state index contributed by atoms with van der Waals surface area (Å²) in [6.45, 7) is 1.87. The van der Waals surface area contributed by atoms with Crippen molar-refractivity contribution in [3.63, 3.8) is 0 Å². The zero-order valence-corrected chi connectivity index (χ0v) is 9.51. The highest BCUT2D eigenvalue weighted by Gasteiger charge is 2.00. The Balaban J connectivity index is 2.63. The second-order valence-corrected chi connectivity index (χ2v) is 3.32. The van der Waals surface area contributed by atoms with Crippen LogP contribution in [0.15, 0.2) is 48.6 Å². The number of nitrogens with two attached hydrogens (primary N) is 1. The fourth-order valence-corrected chi connectivity index (χ4v) is 1.16. The predicted molar refractivity (Wildman–Crippen MR) is 67.5 cm³/mol. The monoisotopic (exact) mass is 230 g/mol. The number of primary amides is 1. The molecule has 2 amide bonds. The molecule has 0 radical (unpaired) electrons. The number of carbonyl (C=O) groups excluding carboxylic acids is 2. The minimum absolute atomic E-state index is 0.227. The molecule has 0 bridgehead atoms. The van der Waals surface area contributed by atoms with Gasteiger partial charge >= 0.3 is 0 Å². The van der Waals surface area contributed by atoms with Gasteiger partial charge < -0.3 is 11.1 Å². The molecule has 0 atom stereocenters. The number of anilines is 1. The van der Waals surface area contributed by atoms with Crippen LogP contribution in [-0.2, 0) is 4.79 Å². The van der Waals surface area contributed by atoms with E-state index in [4.69, 9.17) is 5.73 Å². The summed E-state index contributed by atoms with van der Waals surface area (Å²) in [5.74, 6) is -0.717. The lowest BCUT2D eigenvalue weighted by Crippen LogP contribution is -2.11. The molecule has 1 aromatic rings. The molecule has 0 aliphatic rings. The van der Waals surface area contributed by atoms with Crippen LogP contribution in [0.2, 0.25) is 0 Å². The fraction of sp³-hybridized carbons (Fsp3) is 0.0769. The van der Waals surface area contributed by atoms with Crippen molar-refractivity contribution in [2.24, 2.45) is 5.73 Å². The van der Waals surface area contributed by atoms with Crippen LogP contribution in [-0.4, -0.2) is 11.8 Å². The molecule has 0 saturated heterocycles. The summed E-state index contributed by atoms with van der Waals surface area (Å²) in [6.07, 6.45) is 6.65. The van der Waals surface area contributed by atoms with Crippen LogP contribution in [0, 0.1) is 0 Å². The van der Waals surface area contributed by atoms with Crippen molar-refractivity contribution in [2.75, 3.05) is 5.32 Å². The molecule has 0 unspecified atom stereocenters.